The molecule has 5 heteroatoms. The van der Waals surface area contributed by atoms with E-state index in [-0.39, 0.29) is 5.84 Å². The van der Waals surface area contributed by atoms with Crippen molar-refractivity contribution in [3.63, 3.8) is 0 Å². The first kappa shape index (κ1) is 14.3. The summed E-state index contributed by atoms with van der Waals surface area (Å²) >= 11 is 1.56. The van der Waals surface area contributed by atoms with Crippen molar-refractivity contribution in [1.29, 1.82) is 0 Å². The zero-order chi connectivity index (χ0) is 14.5. The maximum atomic E-state index is 8.85. The molecule has 0 atom stereocenters. The fraction of sp³-hybridized carbons (Fsp3) is 0.133. The van der Waals surface area contributed by atoms with E-state index in [2.05, 4.69) is 5.16 Å². The number of nitrogens with two attached hydrogens (primary N) is 1. The Morgan fingerprint density at radius 3 is 2.50 bits per heavy atom. The van der Waals surface area contributed by atoms with Gasteiger partial charge in [0.1, 0.15) is 5.75 Å². The van der Waals surface area contributed by atoms with E-state index in [1.54, 1.807) is 18.9 Å². The van der Waals surface area contributed by atoms with Gasteiger partial charge < -0.3 is 15.7 Å². The van der Waals surface area contributed by atoms with Crippen LogP contribution in [0.15, 0.2) is 57.4 Å². The molecular formula is C15H16N2O2S. The highest BCUT2D eigenvalue weighted by atomic mass is 32.2. The molecule has 0 aliphatic rings. The second kappa shape index (κ2) is 6.34. The number of nitrogens with zero attached hydrogens (tertiary/aromatic N) is 1. The second-order valence-corrected chi connectivity index (χ2v) is 5.38. The van der Waals surface area contributed by atoms with Crippen LogP contribution in [0, 0.1) is 6.92 Å². The monoisotopic (exact) mass is 288 g/mol. The number of rotatable bonds is 4. The molecule has 0 aliphatic heterocycles. The Morgan fingerprint density at radius 2 is 1.90 bits per heavy atom. The molecule has 0 amide bonds. The third-order valence-electron chi connectivity index (χ3n) is 2.81. The summed E-state index contributed by atoms with van der Waals surface area (Å²) in [4.78, 5) is 2.01. The SMILES string of the molecule is COc1ccc(Sc2cc(C)ccc2C(N)=NO)cc1. The highest BCUT2D eigenvalue weighted by Crippen LogP contribution is 2.32. The average molecular weight is 288 g/mol. The van der Waals surface area contributed by atoms with Crippen LogP contribution in [-0.2, 0) is 0 Å². The predicted octanol–water partition coefficient (Wildman–Crippen LogP) is 3.25. The number of aryl methyl sites for hydroxylation is 1. The van der Waals surface area contributed by atoms with Crippen molar-refractivity contribution in [1.82, 2.24) is 0 Å². The smallest absolute Gasteiger partial charge is 0.171 e. The van der Waals surface area contributed by atoms with Gasteiger partial charge in [0.15, 0.2) is 5.84 Å². The van der Waals surface area contributed by atoms with Crippen LogP contribution in [0.5, 0.6) is 5.75 Å². The number of oxime groups is 1. The normalized spacial score (nSPS) is 11.4. The molecule has 0 saturated carbocycles. The van der Waals surface area contributed by atoms with Crippen molar-refractivity contribution < 1.29 is 9.94 Å². The Labute approximate surface area is 122 Å². The van der Waals surface area contributed by atoms with E-state index in [1.807, 2.05) is 49.4 Å². The second-order valence-electron chi connectivity index (χ2n) is 4.26. The first-order chi connectivity index (χ1) is 9.63. The number of methoxy groups -OCH3 is 1. The van der Waals surface area contributed by atoms with E-state index in [1.165, 1.54) is 0 Å². The maximum absolute atomic E-state index is 8.85. The molecule has 3 N–H and O–H groups in total. The van der Waals surface area contributed by atoms with Crippen molar-refractivity contribution in [2.75, 3.05) is 7.11 Å². The van der Waals surface area contributed by atoms with Gasteiger partial charge in [-0.3, -0.25) is 0 Å². The summed E-state index contributed by atoms with van der Waals surface area (Å²) < 4.78 is 5.14. The fourth-order valence-corrected chi connectivity index (χ4v) is 2.80. The number of hydrogen-bond donors (Lipinski definition) is 2. The first-order valence-electron chi connectivity index (χ1n) is 6.04. The summed E-state index contributed by atoms with van der Waals surface area (Å²) in [5.41, 5.74) is 7.55. The van der Waals surface area contributed by atoms with Gasteiger partial charge in [-0.2, -0.15) is 0 Å². The van der Waals surface area contributed by atoms with Crippen molar-refractivity contribution in [2.45, 2.75) is 16.7 Å². The molecule has 0 saturated heterocycles. The van der Waals surface area contributed by atoms with Gasteiger partial charge in [-0.15, -0.1) is 0 Å². The van der Waals surface area contributed by atoms with Crippen LogP contribution < -0.4 is 10.5 Å². The highest BCUT2D eigenvalue weighted by molar-refractivity contribution is 7.99. The number of benzene rings is 2. The summed E-state index contributed by atoms with van der Waals surface area (Å²) in [6, 6.07) is 13.6. The van der Waals surface area contributed by atoms with Crippen LogP contribution in [0.3, 0.4) is 0 Å². The van der Waals surface area contributed by atoms with Gasteiger partial charge in [0.2, 0.25) is 0 Å². The van der Waals surface area contributed by atoms with E-state index in [0.717, 1.165) is 26.7 Å². The largest absolute Gasteiger partial charge is 0.497 e. The number of ether oxygens (including phenoxy) is 1. The minimum atomic E-state index is 0.112. The molecule has 0 heterocycles. The summed E-state index contributed by atoms with van der Waals surface area (Å²) in [5, 5.41) is 11.9. The Hall–Kier alpha value is -2.14. The summed E-state index contributed by atoms with van der Waals surface area (Å²) in [6.45, 7) is 2.01. The van der Waals surface area contributed by atoms with Gasteiger partial charge in [-0.05, 0) is 48.9 Å². The molecule has 0 spiro atoms. The molecule has 2 rings (SSSR count). The topological polar surface area (TPSA) is 67.8 Å². The minimum absolute atomic E-state index is 0.112. The third-order valence-corrected chi connectivity index (χ3v) is 3.87. The van der Waals surface area contributed by atoms with E-state index >= 15 is 0 Å². The first-order valence-corrected chi connectivity index (χ1v) is 6.86. The van der Waals surface area contributed by atoms with Crippen molar-refractivity contribution in [2.24, 2.45) is 10.9 Å². The molecule has 104 valence electrons. The van der Waals surface area contributed by atoms with Crippen LogP contribution in [0.2, 0.25) is 0 Å². The van der Waals surface area contributed by atoms with Gasteiger partial charge in [0.25, 0.3) is 0 Å². The van der Waals surface area contributed by atoms with Crippen LogP contribution in [0.25, 0.3) is 0 Å². The highest BCUT2D eigenvalue weighted by Gasteiger charge is 2.09. The van der Waals surface area contributed by atoms with Crippen LogP contribution in [0.1, 0.15) is 11.1 Å². The fourth-order valence-electron chi connectivity index (χ4n) is 1.75. The molecule has 4 nitrogen and oxygen atoms in total. The van der Waals surface area contributed by atoms with Crippen molar-refractivity contribution >= 4 is 17.6 Å². The van der Waals surface area contributed by atoms with Crippen LogP contribution in [-0.4, -0.2) is 18.2 Å². The van der Waals surface area contributed by atoms with Crippen LogP contribution in [0.4, 0.5) is 0 Å². The molecule has 2 aromatic carbocycles. The lowest BCUT2D eigenvalue weighted by atomic mass is 10.1. The Morgan fingerprint density at radius 1 is 1.20 bits per heavy atom. The minimum Gasteiger partial charge on any atom is -0.497 e. The molecule has 0 radical (unpaired) electrons. The number of amidine groups is 1. The van der Waals surface area contributed by atoms with Crippen molar-refractivity contribution in [3.8, 4) is 5.75 Å². The predicted molar refractivity (Wildman–Crippen MR) is 80.8 cm³/mol. The zero-order valence-electron chi connectivity index (χ0n) is 11.3. The third kappa shape index (κ3) is 3.24. The van der Waals surface area contributed by atoms with Gasteiger partial charge in [0, 0.05) is 15.4 Å². The lowest BCUT2D eigenvalue weighted by Crippen LogP contribution is -2.14. The Bertz CT molecular complexity index is 624. The average Bonchev–Trinajstić information content (AvgIpc) is 2.47. The van der Waals surface area contributed by atoms with Gasteiger partial charge >= 0.3 is 0 Å². The van der Waals surface area contributed by atoms with E-state index in [4.69, 9.17) is 15.7 Å². The Balaban J connectivity index is 2.33. The zero-order valence-corrected chi connectivity index (χ0v) is 12.1. The van der Waals surface area contributed by atoms with Gasteiger partial charge in [-0.1, -0.05) is 23.0 Å². The molecule has 0 bridgehead atoms. The van der Waals surface area contributed by atoms with Crippen LogP contribution >= 0.6 is 11.8 Å². The molecule has 0 fully saturated rings. The summed E-state index contributed by atoms with van der Waals surface area (Å²) in [6.07, 6.45) is 0. The molecule has 0 unspecified atom stereocenters. The quantitative estimate of drug-likeness (QED) is 0.392. The summed E-state index contributed by atoms with van der Waals surface area (Å²) in [5.74, 6) is 0.927. The molecule has 0 aromatic heterocycles. The number of hydrogen-bond acceptors (Lipinski definition) is 4. The van der Waals surface area contributed by atoms with Crippen molar-refractivity contribution in [3.05, 3.63) is 53.6 Å². The molecular weight excluding hydrogens is 272 g/mol. The van der Waals surface area contributed by atoms with E-state index in [0.29, 0.717) is 0 Å². The van der Waals surface area contributed by atoms with Gasteiger partial charge in [0.05, 0.1) is 7.11 Å². The maximum Gasteiger partial charge on any atom is 0.171 e. The Kier molecular flexibility index (Phi) is 4.53. The lowest BCUT2D eigenvalue weighted by Gasteiger charge is -2.09. The standard InChI is InChI=1S/C15H16N2O2S/c1-10-3-8-13(15(16)17-18)14(9-10)20-12-6-4-11(19-2)5-7-12/h3-9,18H,1-2H3,(H2,16,17). The lowest BCUT2D eigenvalue weighted by molar-refractivity contribution is 0.318. The molecule has 2 aromatic rings. The van der Waals surface area contributed by atoms with E-state index in [9.17, 15) is 0 Å². The van der Waals surface area contributed by atoms with E-state index < -0.39 is 0 Å². The molecule has 0 aliphatic carbocycles. The molecule has 20 heavy (non-hydrogen) atoms. The van der Waals surface area contributed by atoms with Gasteiger partial charge in [-0.25, -0.2) is 0 Å². The summed E-state index contributed by atoms with van der Waals surface area (Å²) in [7, 11) is 1.64.